The van der Waals surface area contributed by atoms with E-state index in [4.69, 9.17) is 5.11 Å². The van der Waals surface area contributed by atoms with Crippen molar-refractivity contribution in [2.75, 3.05) is 27.2 Å². The van der Waals surface area contributed by atoms with Crippen LogP contribution in [0.3, 0.4) is 0 Å². The van der Waals surface area contributed by atoms with E-state index in [0.717, 1.165) is 25.9 Å². The van der Waals surface area contributed by atoms with Gasteiger partial charge in [-0.3, -0.25) is 4.79 Å². The second-order valence-electron chi connectivity index (χ2n) is 5.16. The number of likely N-dealkylation sites (tertiary alicyclic amines) is 1. The van der Waals surface area contributed by atoms with Crippen molar-refractivity contribution in [1.29, 1.82) is 0 Å². The molecular formula is C14H19N3O3. The third-order valence-electron chi connectivity index (χ3n) is 3.74. The summed E-state index contributed by atoms with van der Waals surface area (Å²) in [6.07, 6.45) is 1.86. The van der Waals surface area contributed by atoms with Gasteiger partial charge >= 0.3 is 5.97 Å². The number of carbonyl (C=O) groups is 2. The zero-order valence-corrected chi connectivity index (χ0v) is 11.7. The molecule has 1 aliphatic rings. The largest absolute Gasteiger partial charge is 0.477 e. The van der Waals surface area contributed by atoms with Crippen LogP contribution in [0.15, 0.2) is 18.2 Å². The second-order valence-corrected chi connectivity index (χ2v) is 5.16. The highest BCUT2D eigenvalue weighted by atomic mass is 16.4. The summed E-state index contributed by atoms with van der Waals surface area (Å²) in [6, 6.07) is 4.68. The minimum Gasteiger partial charge on any atom is -0.477 e. The van der Waals surface area contributed by atoms with Gasteiger partial charge in [0.05, 0.1) is 0 Å². The number of hydrogen-bond donors (Lipinski definition) is 1. The molecule has 108 valence electrons. The van der Waals surface area contributed by atoms with Crippen molar-refractivity contribution in [3.8, 4) is 0 Å². The second kappa shape index (κ2) is 6.00. The molecule has 0 aromatic carbocycles. The number of carbonyl (C=O) groups excluding carboxylic acids is 1. The van der Waals surface area contributed by atoms with Crippen molar-refractivity contribution < 1.29 is 14.7 Å². The van der Waals surface area contributed by atoms with Gasteiger partial charge in [-0.25, -0.2) is 9.78 Å². The first-order chi connectivity index (χ1) is 9.49. The van der Waals surface area contributed by atoms with E-state index >= 15 is 0 Å². The number of aromatic carboxylic acids is 1. The number of aromatic nitrogens is 1. The molecule has 6 heteroatoms. The molecule has 1 saturated heterocycles. The summed E-state index contributed by atoms with van der Waals surface area (Å²) in [7, 11) is 3.82. The third kappa shape index (κ3) is 3.14. The zero-order chi connectivity index (χ0) is 14.7. The highest BCUT2D eigenvalue weighted by molar-refractivity contribution is 5.94. The predicted molar refractivity (Wildman–Crippen MR) is 73.8 cm³/mol. The van der Waals surface area contributed by atoms with Gasteiger partial charge in [-0.1, -0.05) is 6.07 Å². The van der Waals surface area contributed by atoms with E-state index in [9.17, 15) is 9.59 Å². The number of hydrogen-bond acceptors (Lipinski definition) is 4. The monoisotopic (exact) mass is 277 g/mol. The van der Waals surface area contributed by atoms with Crippen LogP contribution in [0, 0.1) is 0 Å². The molecule has 1 aliphatic heterocycles. The van der Waals surface area contributed by atoms with Gasteiger partial charge in [0, 0.05) is 13.1 Å². The Morgan fingerprint density at radius 2 is 1.90 bits per heavy atom. The quantitative estimate of drug-likeness (QED) is 0.890. The number of piperidine rings is 1. The smallest absolute Gasteiger partial charge is 0.354 e. The number of pyridine rings is 1. The van der Waals surface area contributed by atoms with E-state index in [-0.39, 0.29) is 23.3 Å². The molecule has 1 aromatic rings. The molecule has 0 unspecified atom stereocenters. The van der Waals surface area contributed by atoms with Crippen molar-refractivity contribution >= 4 is 11.9 Å². The molecule has 0 atom stereocenters. The molecule has 2 heterocycles. The van der Waals surface area contributed by atoms with Crippen LogP contribution >= 0.6 is 0 Å². The lowest BCUT2D eigenvalue weighted by Crippen LogP contribution is -2.44. The molecule has 0 spiro atoms. The maximum absolute atomic E-state index is 12.4. The third-order valence-corrected chi connectivity index (χ3v) is 3.74. The lowest BCUT2D eigenvalue weighted by Gasteiger charge is -2.34. The SMILES string of the molecule is CN1CCC(N(C)C(=O)c2cccc(C(=O)O)n2)CC1. The van der Waals surface area contributed by atoms with E-state index < -0.39 is 5.97 Å². The van der Waals surface area contributed by atoms with Crippen molar-refractivity contribution in [2.24, 2.45) is 0 Å². The fourth-order valence-corrected chi connectivity index (χ4v) is 2.40. The summed E-state index contributed by atoms with van der Waals surface area (Å²) in [5.74, 6) is -1.34. The number of carboxylic acid groups (broad SMARTS) is 1. The van der Waals surface area contributed by atoms with Crippen molar-refractivity contribution in [1.82, 2.24) is 14.8 Å². The predicted octanol–water partition coefficient (Wildman–Crippen LogP) is 0.946. The molecule has 1 N–H and O–H groups in total. The average molecular weight is 277 g/mol. The first kappa shape index (κ1) is 14.5. The van der Waals surface area contributed by atoms with Crippen LogP contribution in [0.5, 0.6) is 0 Å². The van der Waals surface area contributed by atoms with Crippen LogP contribution in [0.1, 0.15) is 33.8 Å². The number of carboxylic acids is 1. The Morgan fingerprint density at radius 1 is 1.30 bits per heavy atom. The van der Waals surface area contributed by atoms with Gasteiger partial charge < -0.3 is 14.9 Å². The van der Waals surface area contributed by atoms with E-state index in [0.29, 0.717) is 0 Å². The molecule has 1 fully saturated rings. The summed E-state index contributed by atoms with van der Waals surface area (Å²) in [4.78, 5) is 31.1. The van der Waals surface area contributed by atoms with Crippen LogP contribution < -0.4 is 0 Å². The van der Waals surface area contributed by atoms with E-state index in [1.54, 1.807) is 24.1 Å². The molecule has 0 radical (unpaired) electrons. The Morgan fingerprint density at radius 3 is 2.50 bits per heavy atom. The normalized spacial score (nSPS) is 16.9. The lowest BCUT2D eigenvalue weighted by atomic mass is 10.0. The highest BCUT2D eigenvalue weighted by Crippen LogP contribution is 2.16. The molecule has 2 rings (SSSR count). The number of nitrogens with zero attached hydrogens (tertiary/aromatic N) is 3. The minimum absolute atomic E-state index is 0.104. The van der Waals surface area contributed by atoms with Crippen LogP contribution in [0.25, 0.3) is 0 Å². The minimum atomic E-state index is -1.12. The van der Waals surface area contributed by atoms with E-state index in [2.05, 4.69) is 16.9 Å². The Balaban J connectivity index is 2.10. The summed E-state index contributed by atoms with van der Waals surface area (Å²) >= 11 is 0. The van der Waals surface area contributed by atoms with Gasteiger partial charge in [0.1, 0.15) is 11.4 Å². The maximum atomic E-state index is 12.4. The van der Waals surface area contributed by atoms with Gasteiger partial charge in [-0.05, 0) is 45.1 Å². The van der Waals surface area contributed by atoms with Crippen LogP contribution in [-0.4, -0.2) is 65.0 Å². The molecule has 0 bridgehead atoms. The Hall–Kier alpha value is -1.95. The zero-order valence-electron chi connectivity index (χ0n) is 11.7. The van der Waals surface area contributed by atoms with Crippen LogP contribution in [0.4, 0.5) is 0 Å². The molecule has 1 amide bonds. The Bertz CT molecular complexity index is 510. The molecule has 0 aliphatic carbocycles. The molecule has 0 saturated carbocycles. The van der Waals surface area contributed by atoms with Gasteiger partial charge in [-0.15, -0.1) is 0 Å². The van der Waals surface area contributed by atoms with E-state index in [1.807, 2.05) is 0 Å². The van der Waals surface area contributed by atoms with E-state index in [1.165, 1.54) is 6.07 Å². The molecule has 1 aromatic heterocycles. The van der Waals surface area contributed by atoms with Crippen LogP contribution in [-0.2, 0) is 0 Å². The summed E-state index contributed by atoms with van der Waals surface area (Å²) in [6.45, 7) is 1.93. The van der Waals surface area contributed by atoms with Gasteiger partial charge in [0.25, 0.3) is 5.91 Å². The van der Waals surface area contributed by atoms with Crippen molar-refractivity contribution in [3.05, 3.63) is 29.6 Å². The topological polar surface area (TPSA) is 73.7 Å². The fourth-order valence-electron chi connectivity index (χ4n) is 2.40. The molecule has 6 nitrogen and oxygen atoms in total. The Labute approximate surface area is 118 Å². The van der Waals surface area contributed by atoms with Crippen molar-refractivity contribution in [3.63, 3.8) is 0 Å². The first-order valence-corrected chi connectivity index (χ1v) is 6.65. The van der Waals surface area contributed by atoms with Gasteiger partial charge in [0.15, 0.2) is 0 Å². The maximum Gasteiger partial charge on any atom is 0.354 e. The highest BCUT2D eigenvalue weighted by Gasteiger charge is 2.25. The lowest BCUT2D eigenvalue weighted by molar-refractivity contribution is 0.0652. The summed E-state index contributed by atoms with van der Waals surface area (Å²) in [5.41, 5.74) is 0.0824. The fraction of sp³-hybridized carbons (Fsp3) is 0.500. The Kier molecular flexibility index (Phi) is 4.34. The number of amides is 1. The molecule has 20 heavy (non-hydrogen) atoms. The van der Waals surface area contributed by atoms with Gasteiger partial charge in [-0.2, -0.15) is 0 Å². The number of rotatable bonds is 3. The van der Waals surface area contributed by atoms with Crippen LogP contribution in [0.2, 0.25) is 0 Å². The molecular weight excluding hydrogens is 258 g/mol. The first-order valence-electron chi connectivity index (χ1n) is 6.65. The average Bonchev–Trinajstić information content (AvgIpc) is 2.46. The van der Waals surface area contributed by atoms with Crippen molar-refractivity contribution in [2.45, 2.75) is 18.9 Å². The van der Waals surface area contributed by atoms with Gasteiger partial charge in [0.2, 0.25) is 0 Å². The summed E-state index contributed by atoms with van der Waals surface area (Å²) in [5, 5.41) is 8.91. The standard InChI is InChI=1S/C14H19N3O3/c1-16-8-6-10(7-9-16)17(2)13(18)11-4-3-5-12(15-11)14(19)20/h3-5,10H,6-9H2,1-2H3,(H,19,20). The summed E-state index contributed by atoms with van der Waals surface area (Å²) < 4.78 is 0.